The van der Waals surface area contributed by atoms with Crippen LogP contribution < -0.4 is 0 Å². The van der Waals surface area contributed by atoms with E-state index in [2.05, 4.69) is 51.2 Å². The highest BCUT2D eigenvalue weighted by atomic mass is 16.6. The van der Waals surface area contributed by atoms with Gasteiger partial charge in [-0.25, -0.2) is 0 Å². The summed E-state index contributed by atoms with van der Waals surface area (Å²) in [6, 6.07) is 0. The Hall–Kier alpha value is -3.15. The van der Waals surface area contributed by atoms with E-state index in [9.17, 15) is 14.4 Å². The fourth-order valence-corrected chi connectivity index (χ4v) is 5.74. The zero-order valence-electron chi connectivity index (χ0n) is 35.0. The Bertz CT molecular complexity index is 1050. The van der Waals surface area contributed by atoms with Gasteiger partial charge in [-0.3, -0.25) is 14.4 Å². The third kappa shape index (κ3) is 40.0. The van der Waals surface area contributed by atoms with Gasteiger partial charge in [0.15, 0.2) is 6.10 Å². The van der Waals surface area contributed by atoms with Crippen molar-refractivity contribution in [2.45, 2.75) is 200 Å². The first-order chi connectivity index (χ1) is 26.5. The summed E-state index contributed by atoms with van der Waals surface area (Å²) in [5.41, 5.74) is 0. The molecule has 0 bridgehead atoms. The molecule has 0 saturated heterocycles. The standard InChI is InChI=1S/C48H80O6/c1-4-7-10-13-16-19-22-24-26-29-32-35-38-41-47(50)53-44-45(43-52-46(49)40-37-34-31-28-21-18-15-12-9-6-3)54-48(51)42-39-36-33-30-27-25-23-20-17-14-11-8-5-2/h7,10,13,16,19,22,24-27,33,36,45H,4-6,8-9,11-12,14-15,17-18,20-21,23,28-32,34-35,37-44H2,1-3H3/b10-7-,16-13-,22-19-,26-24-,27-25-,36-33-. The number of unbranched alkanes of at least 4 members (excludes halogenated alkanes) is 18. The molecule has 0 aliphatic rings. The van der Waals surface area contributed by atoms with Gasteiger partial charge in [-0.15, -0.1) is 0 Å². The van der Waals surface area contributed by atoms with Gasteiger partial charge in [0.1, 0.15) is 13.2 Å². The molecular weight excluding hydrogens is 673 g/mol. The molecule has 0 aliphatic carbocycles. The molecule has 0 aromatic rings. The lowest BCUT2D eigenvalue weighted by Gasteiger charge is -2.18. The van der Waals surface area contributed by atoms with Crippen LogP contribution in [0.25, 0.3) is 0 Å². The lowest BCUT2D eigenvalue weighted by Crippen LogP contribution is -2.30. The summed E-state index contributed by atoms with van der Waals surface area (Å²) in [4.78, 5) is 37.6. The van der Waals surface area contributed by atoms with Crippen molar-refractivity contribution in [3.8, 4) is 0 Å². The van der Waals surface area contributed by atoms with Gasteiger partial charge < -0.3 is 14.2 Å². The van der Waals surface area contributed by atoms with E-state index >= 15 is 0 Å². The minimum Gasteiger partial charge on any atom is -0.462 e. The van der Waals surface area contributed by atoms with E-state index in [4.69, 9.17) is 14.2 Å². The molecule has 1 unspecified atom stereocenters. The van der Waals surface area contributed by atoms with Gasteiger partial charge in [0, 0.05) is 19.3 Å². The maximum absolute atomic E-state index is 12.7. The van der Waals surface area contributed by atoms with Crippen molar-refractivity contribution < 1.29 is 28.6 Å². The highest BCUT2D eigenvalue weighted by Gasteiger charge is 2.19. The molecular formula is C48H80O6. The zero-order chi connectivity index (χ0) is 39.4. The number of allylic oxidation sites excluding steroid dienone is 12. The number of carbonyl (C=O) groups excluding carboxylic acids is 3. The average molecular weight is 753 g/mol. The lowest BCUT2D eigenvalue weighted by atomic mass is 10.1. The van der Waals surface area contributed by atoms with E-state index in [0.717, 1.165) is 64.2 Å². The van der Waals surface area contributed by atoms with Crippen molar-refractivity contribution in [2.24, 2.45) is 0 Å². The molecule has 0 amide bonds. The van der Waals surface area contributed by atoms with Gasteiger partial charge in [-0.1, -0.05) is 190 Å². The van der Waals surface area contributed by atoms with Crippen LogP contribution >= 0.6 is 0 Å². The molecule has 6 nitrogen and oxygen atoms in total. The third-order valence-electron chi connectivity index (χ3n) is 9.05. The van der Waals surface area contributed by atoms with Crippen LogP contribution in [0.15, 0.2) is 72.9 Å². The quantitative estimate of drug-likeness (QED) is 0.0205. The number of hydrogen-bond donors (Lipinski definition) is 0. The summed E-state index contributed by atoms with van der Waals surface area (Å²) in [6.07, 6.45) is 51.8. The SMILES string of the molecule is CC\C=C/C=C\C=C/C=C\CCCCCC(=O)OCC(COC(=O)CCCCCCCCCCCC)OC(=O)CC/C=C\C/C=C\CCCCCCCC. The first-order valence-corrected chi connectivity index (χ1v) is 22.0. The molecule has 0 fully saturated rings. The molecule has 0 aromatic heterocycles. The van der Waals surface area contributed by atoms with Gasteiger partial charge in [-0.05, 0) is 57.8 Å². The molecule has 0 N–H and O–H groups in total. The molecule has 0 aliphatic heterocycles. The Morgan fingerprint density at radius 2 is 0.833 bits per heavy atom. The van der Waals surface area contributed by atoms with E-state index in [1.807, 2.05) is 42.5 Å². The van der Waals surface area contributed by atoms with Crippen molar-refractivity contribution in [1.82, 2.24) is 0 Å². The second-order valence-electron chi connectivity index (χ2n) is 14.3. The maximum Gasteiger partial charge on any atom is 0.306 e. The van der Waals surface area contributed by atoms with Crippen LogP contribution in [0.1, 0.15) is 194 Å². The topological polar surface area (TPSA) is 78.9 Å². The van der Waals surface area contributed by atoms with Crippen LogP contribution in [0.4, 0.5) is 0 Å². The number of rotatable bonds is 38. The van der Waals surface area contributed by atoms with Crippen LogP contribution in [0.3, 0.4) is 0 Å². The van der Waals surface area contributed by atoms with E-state index < -0.39 is 12.1 Å². The predicted octanol–water partition coefficient (Wildman–Crippen LogP) is 13.9. The second kappa shape index (κ2) is 42.6. The number of esters is 3. The Morgan fingerprint density at radius 3 is 1.37 bits per heavy atom. The van der Waals surface area contributed by atoms with Crippen LogP contribution in [0, 0.1) is 0 Å². The molecule has 1 atom stereocenters. The van der Waals surface area contributed by atoms with Crippen LogP contribution in [0.2, 0.25) is 0 Å². The minimum absolute atomic E-state index is 0.110. The molecule has 0 aromatic carbocycles. The highest BCUT2D eigenvalue weighted by Crippen LogP contribution is 2.13. The first-order valence-electron chi connectivity index (χ1n) is 22.0. The molecule has 54 heavy (non-hydrogen) atoms. The predicted molar refractivity (Wildman–Crippen MR) is 228 cm³/mol. The molecule has 6 heteroatoms. The van der Waals surface area contributed by atoms with Gasteiger partial charge in [0.2, 0.25) is 0 Å². The van der Waals surface area contributed by atoms with E-state index in [-0.39, 0.29) is 31.6 Å². The lowest BCUT2D eigenvalue weighted by molar-refractivity contribution is -0.166. The Morgan fingerprint density at radius 1 is 0.407 bits per heavy atom. The summed E-state index contributed by atoms with van der Waals surface area (Å²) in [5.74, 6) is -1.03. The number of carbonyl (C=O) groups is 3. The summed E-state index contributed by atoms with van der Waals surface area (Å²) in [6.45, 7) is 6.36. The molecule has 0 saturated carbocycles. The first kappa shape index (κ1) is 50.9. The van der Waals surface area contributed by atoms with E-state index in [1.165, 1.54) is 83.5 Å². The summed E-state index contributed by atoms with van der Waals surface area (Å²) in [7, 11) is 0. The number of ether oxygens (including phenoxy) is 3. The fraction of sp³-hybridized carbons (Fsp3) is 0.688. The molecule has 0 spiro atoms. The molecule has 308 valence electrons. The summed E-state index contributed by atoms with van der Waals surface area (Å²) >= 11 is 0. The zero-order valence-corrected chi connectivity index (χ0v) is 35.0. The molecule has 0 rings (SSSR count). The van der Waals surface area contributed by atoms with Crippen LogP contribution in [-0.4, -0.2) is 37.2 Å². The Labute approximate surface area is 332 Å². The Balaban J connectivity index is 4.53. The summed E-state index contributed by atoms with van der Waals surface area (Å²) in [5, 5.41) is 0. The van der Waals surface area contributed by atoms with Gasteiger partial charge >= 0.3 is 17.9 Å². The van der Waals surface area contributed by atoms with Crippen molar-refractivity contribution in [3.63, 3.8) is 0 Å². The van der Waals surface area contributed by atoms with E-state index in [0.29, 0.717) is 19.3 Å². The summed E-state index contributed by atoms with van der Waals surface area (Å²) < 4.78 is 16.6. The van der Waals surface area contributed by atoms with Gasteiger partial charge in [0.05, 0.1) is 0 Å². The molecule has 0 heterocycles. The van der Waals surface area contributed by atoms with Crippen molar-refractivity contribution in [1.29, 1.82) is 0 Å². The normalized spacial score (nSPS) is 12.7. The number of hydrogen-bond acceptors (Lipinski definition) is 6. The second-order valence-corrected chi connectivity index (χ2v) is 14.3. The molecule has 0 radical (unpaired) electrons. The fourth-order valence-electron chi connectivity index (χ4n) is 5.74. The monoisotopic (exact) mass is 753 g/mol. The minimum atomic E-state index is -0.817. The smallest absolute Gasteiger partial charge is 0.306 e. The van der Waals surface area contributed by atoms with Gasteiger partial charge in [-0.2, -0.15) is 0 Å². The highest BCUT2D eigenvalue weighted by molar-refractivity contribution is 5.71. The van der Waals surface area contributed by atoms with Crippen LogP contribution in [-0.2, 0) is 28.6 Å². The third-order valence-corrected chi connectivity index (χ3v) is 9.05. The van der Waals surface area contributed by atoms with Crippen molar-refractivity contribution in [3.05, 3.63) is 72.9 Å². The van der Waals surface area contributed by atoms with Crippen molar-refractivity contribution in [2.75, 3.05) is 13.2 Å². The van der Waals surface area contributed by atoms with Crippen molar-refractivity contribution >= 4 is 17.9 Å². The van der Waals surface area contributed by atoms with Crippen LogP contribution in [0.5, 0.6) is 0 Å². The largest absolute Gasteiger partial charge is 0.462 e. The Kier molecular flexibility index (Phi) is 40.1. The maximum atomic E-state index is 12.7. The van der Waals surface area contributed by atoms with Gasteiger partial charge in [0.25, 0.3) is 0 Å². The average Bonchev–Trinajstić information content (AvgIpc) is 3.17. The van der Waals surface area contributed by atoms with E-state index in [1.54, 1.807) is 0 Å².